The van der Waals surface area contributed by atoms with E-state index in [0.29, 0.717) is 48.2 Å². The van der Waals surface area contributed by atoms with E-state index >= 15 is 0 Å². The molecule has 3 fully saturated rings. The van der Waals surface area contributed by atoms with Gasteiger partial charge in [-0.15, -0.1) is 43.1 Å². The maximum Gasteiger partial charge on any atom is 0.270 e. The van der Waals surface area contributed by atoms with Crippen molar-refractivity contribution >= 4 is 46.1 Å². The number of amides is 2. The second kappa shape index (κ2) is 11.9. The van der Waals surface area contributed by atoms with Crippen LogP contribution in [0.4, 0.5) is 11.6 Å². The van der Waals surface area contributed by atoms with Gasteiger partial charge in [0.25, 0.3) is 11.8 Å². The van der Waals surface area contributed by atoms with Gasteiger partial charge in [-0.1, -0.05) is 12.1 Å². The fourth-order valence-corrected chi connectivity index (χ4v) is 10.9. The molecule has 13 nitrogen and oxygen atoms in total. The van der Waals surface area contributed by atoms with Gasteiger partial charge in [0, 0.05) is 36.1 Å². The van der Waals surface area contributed by atoms with E-state index in [-0.39, 0.29) is 23.8 Å². The van der Waals surface area contributed by atoms with Gasteiger partial charge in [0.1, 0.15) is 35.7 Å². The maximum atomic E-state index is 13.9. The van der Waals surface area contributed by atoms with Crippen LogP contribution in [-0.4, -0.2) is 64.5 Å². The van der Waals surface area contributed by atoms with Crippen LogP contribution in [0.25, 0.3) is 23.0 Å². The van der Waals surface area contributed by atoms with Crippen LogP contribution >= 0.6 is 22.7 Å². The van der Waals surface area contributed by atoms with E-state index in [1.54, 1.807) is 45.1 Å². The van der Waals surface area contributed by atoms with E-state index in [1.165, 1.54) is 16.0 Å². The first-order valence-electron chi connectivity index (χ1n) is 18.2. The van der Waals surface area contributed by atoms with Crippen molar-refractivity contribution in [3.63, 3.8) is 0 Å². The Morgan fingerprint density at radius 3 is 2.09 bits per heavy atom. The number of aromatic nitrogens is 8. The van der Waals surface area contributed by atoms with E-state index in [1.807, 2.05) is 36.4 Å². The van der Waals surface area contributed by atoms with Crippen molar-refractivity contribution in [2.45, 2.75) is 76.0 Å². The highest BCUT2D eigenvalue weighted by Gasteiger charge is 2.46. The Labute approximate surface area is 312 Å². The minimum absolute atomic E-state index is 0.00698. The van der Waals surface area contributed by atoms with Gasteiger partial charge in [-0.25, -0.2) is 9.97 Å². The lowest BCUT2D eigenvalue weighted by molar-refractivity contribution is 0.0852. The molecule has 2 atom stereocenters. The molecule has 15 heteroatoms. The summed E-state index contributed by atoms with van der Waals surface area (Å²) in [5.74, 6) is 3.34. The third-order valence-electron chi connectivity index (χ3n) is 11.4. The number of anilines is 2. The lowest BCUT2D eigenvalue weighted by Crippen LogP contribution is -2.24. The third-order valence-corrected chi connectivity index (χ3v) is 13.9. The molecule has 9 heterocycles. The zero-order valence-electron chi connectivity index (χ0n) is 28.9. The van der Waals surface area contributed by atoms with Crippen LogP contribution in [-0.2, 0) is 17.8 Å². The summed E-state index contributed by atoms with van der Waals surface area (Å²) < 4.78 is 9.78. The SMILES string of the molecule is Cc1c(C2CC2n2cnnc2-c2cccc(N3Cc4c(C5CCOCC5)csc4C3=O)n2)sc2c1CN(c1cccc(-c3nncn3C3CC3)n1)C2=O. The van der Waals surface area contributed by atoms with Gasteiger partial charge in [-0.2, -0.15) is 0 Å². The van der Waals surface area contributed by atoms with Crippen molar-refractivity contribution < 1.29 is 14.3 Å². The molecule has 1 saturated heterocycles. The van der Waals surface area contributed by atoms with Crippen molar-refractivity contribution in [3.05, 3.63) is 91.3 Å². The quantitative estimate of drug-likeness (QED) is 0.167. The third kappa shape index (κ3) is 5.04. The molecule has 2 aliphatic carbocycles. The molecule has 6 aromatic rings. The standard InChI is InChI=1S/C38H34N10O3S2/c1-20-24-15-45(30-6-2-4-27(41-30)35-43-39-18-47(35)22-8-9-22)38(50)34(24)53-32(20)23-14-29(23)48-19-40-44-36(48)28-5-3-7-31(42-28)46-16-25-26(17-52-33(25)37(46)49)21-10-12-51-13-11-21/h2-7,17-19,21-23,29H,8-16H2,1H3. The zero-order valence-corrected chi connectivity index (χ0v) is 30.5. The number of nitrogens with zero attached hydrogens (tertiary/aromatic N) is 10. The highest BCUT2D eigenvalue weighted by Crippen LogP contribution is 2.57. The summed E-state index contributed by atoms with van der Waals surface area (Å²) in [6, 6.07) is 12.1. The predicted octanol–water partition coefficient (Wildman–Crippen LogP) is 6.70. The van der Waals surface area contributed by atoms with E-state index in [9.17, 15) is 9.59 Å². The number of hydrogen-bond acceptors (Lipinski definition) is 11. The Kier molecular flexibility index (Phi) is 7.08. The van der Waals surface area contributed by atoms with Crippen molar-refractivity contribution in [1.82, 2.24) is 39.5 Å². The fourth-order valence-electron chi connectivity index (χ4n) is 8.33. The Bertz CT molecular complexity index is 2450. The minimum atomic E-state index is -0.0124. The van der Waals surface area contributed by atoms with E-state index in [4.69, 9.17) is 14.7 Å². The van der Waals surface area contributed by atoms with Crippen LogP contribution < -0.4 is 9.80 Å². The summed E-state index contributed by atoms with van der Waals surface area (Å²) in [5, 5.41) is 19.4. The van der Waals surface area contributed by atoms with Crippen molar-refractivity contribution in [3.8, 4) is 23.0 Å². The number of thiophene rings is 2. The monoisotopic (exact) mass is 742 g/mol. The number of rotatable bonds is 8. The topological polar surface area (TPSA) is 137 Å². The molecule has 0 bridgehead atoms. The molecule has 2 amide bonds. The molecule has 5 aliphatic rings. The predicted molar refractivity (Wildman–Crippen MR) is 198 cm³/mol. The van der Waals surface area contributed by atoms with Crippen LogP contribution in [0.3, 0.4) is 0 Å². The molecule has 2 unspecified atom stereocenters. The van der Waals surface area contributed by atoms with E-state index < -0.39 is 0 Å². The van der Waals surface area contributed by atoms with Gasteiger partial charge in [0.05, 0.1) is 22.8 Å². The summed E-state index contributed by atoms with van der Waals surface area (Å²) >= 11 is 3.15. The number of pyridine rings is 2. The molecule has 53 heavy (non-hydrogen) atoms. The number of fused-ring (bicyclic) bond motifs is 2. The largest absolute Gasteiger partial charge is 0.381 e. The second-order valence-electron chi connectivity index (χ2n) is 14.6. The lowest BCUT2D eigenvalue weighted by atomic mass is 9.91. The van der Waals surface area contributed by atoms with Gasteiger partial charge in [0.15, 0.2) is 11.6 Å². The van der Waals surface area contributed by atoms with Crippen molar-refractivity contribution in [2.75, 3.05) is 23.0 Å². The molecule has 6 aromatic heterocycles. The van der Waals surface area contributed by atoms with Gasteiger partial charge in [-0.3, -0.25) is 19.4 Å². The zero-order chi connectivity index (χ0) is 35.4. The molecule has 0 radical (unpaired) electrons. The Balaban J connectivity index is 0.816. The molecule has 0 N–H and O–H groups in total. The molecule has 266 valence electrons. The van der Waals surface area contributed by atoms with Crippen LogP contribution in [0.2, 0.25) is 0 Å². The lowest BCUT2D eigenvalue weighted by Gasteiger charge is -2.23. The first kappa shape index (κ1) is 31.4. The van der Waals surface area contributed by atoms with Gasteiger partial charge < -0.3 is 13.9 Å². The van der Waals surface area contributed by atoms with Gasteiger partial charge in [0.2, 0.25) is 0 Å². The van der Waals surface area contributed by atoms with Crippen LogP contribution in [0, 0.1) is 6.92 Å². The Morgan fingerprint density at radius 1 is 0.774 bits per heavy atom. The summed E-state index contributed by atoms with van der Waals surface area (Å²) in [5.41, 5.74) is 6.09. The minimum Gasteiger partial charge on any atom is -0.381 e. The molecular formula is C38H34N10O3S2. The smallest absolute Gasteiger partial charge is 0.270 e. The Morgan fingerprint density at radius 2 is 1.42 bits per heavy atom. The first-order valence-corrected chi connectivity index (χ1v) is 19.9. The van der Waals surface area contributed by atoms with Crippen molar-refractivity contribution in [1.29, 1.82) is 0 Å². The second-order valence-corrected chi connectivity index (χ2v) is 16.5. The fraction of sp³-hybridized carbons (Fsp3) is 0.368. The molecule has 0 aromatic carbocycles. The first-order chi connectivity index (χ1) is 26.0. The average molecular weight is 743 g/mol. The molecule has 3 aliphatic heterocycles. The summed E-state index contributed by atoms with van der Waals surface area (Å²) in [7, 11) is 0. The number of carbonyl (C=O) groups excluding carboxylic acids is 2. The molecule has 11 rings (SSSR count). The van der Waals surface area contributed by atoms with Crippen LogP contribution in [0.1, 0.15) is 102 Å². The summed E-state index contributed by atoms with van der Waals surface area (Å²) in [6.45, 7) is 4.69. The normalized spacial score (nSPS) is 21.2. The number of hydrogen-bond donors (Lipinski definition) is 0. The van der Waals surface area contributed by atoms with E-state index in [2.05, 4.69) is 41.8 Å². The number of ether oxygens (including phenoxy) is 1. The molecule has 0 spiro atoms. The highest BCUT2D eigenvalue weighted by atomic mass is 32.1. The molecular weight excluding hydrogens is 709 g/mol. The number of carbonyl (C=O) groups is 2. The maximum absolute atomic E-state index is 13.9. The van der Waals surface area contributed by atoms with E-state index in [0.717, 1.165) is 77.7 Å². The average Bonchev–Trinajstić information content (AvgIpc) is 3.75. The summed E-state index contributed by atoms with van der Waals surface area (Å²) in [6.07, 6.45) is 8.70. The van der Waals surface area contributed by atoms with Crippen LogP contribution in [0.15, 0.2) is 54.4 Å². The van der Waals surface area contributed by atoms with Gasteiger partial charge >= 0.3 is 0 Å². The van der Waals surface area contributed by atoms with Gasteiger partial charge in [-0.05, 0) is 96.8 Å². The van der Waals surface area contributed by atoms with Crippen molar-refractivity contribution in [2.24, 2.45) is 0 Å². The summed E-state index contributed by atoms with van der Waals surface area (Å²) in [4.78, 5) is 43.7. The Hall–Kier alpha value is -5.12. The highest BCUT2D eigenvalue weighted by molar-refractivity contribution is 7.14. The molecule has 2 saturated carbocycles. The van der Waals surface area contributed by atoms with Crippen LogP contribution in [0.5, 0.6) is 0 Å².